The number of hydrogen-bond acceptors (Lipinski definition) is 6. The molecule has 1 aromatic rings. The Labute approximate surface area is 118 Å². The molecule has 1 aliphatic heterocycles. The van der Waals surface area contributed by atoms with Crippen LogP contribution in [0.5, 0.6) is 12.0 Å². The van der Waals surface area contributed by atoms with Gasteiger partial charge in [0.25, 0.3) is 0 Å². The van der Waals surface area contributed by atoms with Crippen molar-refractivity contribution < 1.29 is 9.47 Å². The highest BCUT2D eigenvalue weighted by molar-refractivity contribution is 6.28. The van der Waals surface area contributed by atoms with Crippen molar-refractivity contribution in [2.45, 2.75) is 32.8 Å². The number of ether oxygens (including phenoxy) is 2. The number of nitrogens with zero attached hydrogens (tertiary/aromatic N) is 4. The van der Waals surface area contributed by atoms with Gasteiger partial charge in [-0.3, -0.25) is 4.90 Å². The van der Waals surface area contributed by atoms with E-state index in [1.807, 2.05) is 13.8 Å². The molecule has 1 fully saturated rings. The van der Waals surface area contributed by atoms with Crippen LogP contribution in [0.2, 0.25) is 5.28 Å². The molecule has 0 amide bonds. The Kier molecular flexibility index (Phi) is 5.15. The molecule has 106 valence electrons. The summed E-state index contributed by atoms with van der Waals surface area (Å²) in [7, 11) is 0. The number of halogens is 1. The molecule has 1 saturated heterocycles. The fourth-order valence-electron chi connectivity index (χ4n) is 1.91. The van der Waals surface area contributed by atoms with Crippen LogP contribution in [-0.2, 0) is 0 Å². The highest BCUT2D eigenvalue weighted by atomic mass is 35.5. The lowest BCUT2D eigenvalue weighted by Gasteiger charge is -2.14. The third kappa shape index (κ3) is 4.80. The maximum absolute atomic E-state index is 5.81. The highest BCUT2D eigenvalue weighted by Gasteiger charge is 2.12. The second kappa shape index (κ2) is 6.86. The van der Waals surface area contributed by atoms with E-state index in [1.54, 1.807) is 0 Å². The maximum Gasteiger partial charge on any atom is 0.324 e. The second-order valence-corrected chi connectivity index (χ2v) is 5.07. The van der Waals surface area contributed by atoms with Gasteiger partial charge in [0.15, 0.2) is 0 Å². The summed E-state index contributed by atoms with van der Waals surface area (Å²) in [6.45, 7) is 7.49. The Hall–Kier alpha value is -1.14. The molecule has 0 radical (unpaired) electrons. The maximum atomic E-state index is 5.81. The minimum Gasteiger partial charge on any atom is -0.462 e. The normalized spacial score (nSPS) is 16.0. The lowest BCUT2D eigenvalue weighted by Crippen LogP contribution is -2.25. The average molecular weight is 287 g/mol. The summed E-state index contributed by atoms with van der Waals surface area (Å²) in [4.78, 5) is 14.2. The summed E-state index contributed by atoms with van der Waals surface area (Å²) in [6, 6.07) is 0.418. The molecule has 0 spiro atoms. The third-order valence-corrected chi connectivity index (χ3v) is 2.91. The summed E-state index contributed by atoms with van der Waals surface area (Å²) in [6.07, 6.45) is 2.52. The average Bonchev–Trinajstić information content (AvgIpc) is 2.80. The van der Waals surface area contributed by atoms with Crippen LogP contribution in [0.15, 0.2) is 0 Å². The van der Waals surface area contributed by atoms with Crippen molar-refractivity contribution in [3.63, 3.8) is 0 Å². The van der Waals surface area contributed by atoms with Crippen LogP contribution < -0.4 is 9.47 Å². The Balaban J connectivity index is 1.86. The molecule has 2 heterocycles. The van der Waals surface area contributed by atoms with Crippen molar-refractivity contribution in [3.8, 4) is 12.0 Å². The minimum atomic E-state index is -0.0177. The van der Waals surface area contributed by atoms with Crippen LogP contribution in [0.3, 0.4) is 0 Å². The Bertz CT molecular complexity index is 411. The third-order valence-electron chi connectivity index (χ3n) is 2.75. The van der Waals surface area contributed by atoms with Crippen molar-refractivity contribution in [1.29, 1.82) is 0 Å². The Morgan fingerprint density at radius 2 is 1.84 bits per heavy atom. The summed E-state index contributed by atoms with van der Waals surface area (Å²) in [5, 5.41) is 0.0850. The zero-order chi connectivity index (χ0) is 13.7. The van der Waals surface area contributed by atoms with Crippen LogP contribution in [0.1, 0.15) is 26.7 Å². The van der Waals surface area contributed by atoms with Gasteiger partial charge in [0.1, 0.15) is 6.61 Å². The quantitative estimate of drug-likeness (QED) is 0.794. The molecule has 2 rings (SSSR count). The van der Waals surface area contributed by atoms with Crippen LogP contribution in [0.25, 0.3) is 0 Å². The number of aromatic nitrogens is 3. The van der Waals surface area contributed by atoms with Crippen molar-refractivity contribution in [2.24, 2.45) is 0 Å². The molecule has 0 aromatic carbocycles. The van der Waals surface area contributed by atoms with Gasteiger partial charge in [-0.25, -0.2) is 0 Å². The first-order chi connectivity index (χ1) is 9.13. The Morgan fingerprint density at radius 1 is 1.16 bits per heavy atom. The predicted octanol–water partition coefficient (Wildman–Crippen LogP) is 1.79. The van der Waals surface area contributed by atoms with Crippen LogP contribution >= 0.6 is 11.6 Å². The van der Waals surface area contributed by atoms with E-state index in [9.17, 15) is 0 Å². The molecule has 0 bridgehead atoms. The van der Waals surface area contributed by atoms with Crippen molar-refractivity contribution in [2.75, 3.05) is 26.2 Å². The van der Waals surface area contributed by atoms with Gasteiger partial charge >= 0.3 is 12.0 Å². The molecule has 1 aromatic heterocycles. The molecule has 6 nitrogen and oxygen atoms in total. The van der Waals surface area contributed by atoms with E-state index in [0.29, 0.717) is 6.61 Å². The van der Waals surface area contributed by atoms with Crippen LogP contribution in [0, 0.1) is 0 Å². The van der Waals surface area contributed by atoms with Gasteiger partial charge in [-0.2, -0.15) is 9.97 Å². The number of hydrogen-bond donors (Lipinski definition) is 0. The SMILES string of the molecule is CC(C)Oc1nc(Cl)nc(OCCN2CCCC2)n1. The molecular formula is C12H19ClN4O2. The van der Waals surface area contributed by atoms with E-state index >= 15 is 0 Å². The summed E-state index contributed by atoms with van der Waals surface area (Å²) >= 11 is 5.81. The van der Waals surface area contributed by atoms with Gasteiger partial charge in [-0.1, -0.05) is 0 Å². The monoisotopic (exact) mass is 286 g/mol. The number of likely N-dealkylation sites (tertiary alicyclic amines) is 1. The molecular weight excluding hydrogens is 268 g/mol. The van der Waals surface area contributed by atoms with Crippen LogP contribution in [-0.4, -0.2) is 52.2 Å². The lowest BCUT2D eigenvalue weighted by molar-refractivity contribution is 0.202. The smallest absolute Gasteiger partial charge is 0.324 e. The number of rotatable bonds is 6. The highest BCUT2D eigenvalue weighted by Crippen LogP contribution is 2.14. The van der Waals surface area contributed by atoms with Gasteiger partial charge in [0, 0.05) is 6.54 Å². The molecule has 7 heteroatoms. The van der Waals surface area contributed by atoms with Crippen molar-refractivity contribution in [1.82, 2.24) is 19.9 Å². The first-order valence-corrected chi connectivity index (χ1v) is 6.94. The van der Waals surface area contributed by atoms with Crippen LogP contribution in [0.4, 0.5) is 0 Å². The Morgan fingerprint density at radius 3 is 2.53 bits per heavy atom. The zero-order valence-electron chi connectivity index (χ0n) is 11.3. The van der Waals surface area contributed by atoms with Gasteiger partial charge in [0.2, 0.25) is 5.28 Å². The van der Waals surface area contributed by atoms with E-state index in [4.69, 9.17) is 21.1 Å². The topological polar surface area (TPSA) is 60.4 Å². The van der Waals surface area contributed by atoms with Gasteiger partial charge in [0.05, 0.1) is 6.10 Å². The van der Waals surface area contributed by atoms with E-state index in [2.05, 4.69) is 19.9 Å². The van der Waals surface area contributed by atoms with E-state index in [-0.39, 0.29) is 23.4 Å². The van der Waals surface area contributed by atoms with Crippen molar-refractivity contribution in [3.05, 3.63) is 5.28 Å². The fraction of sp³-hybridized carbons (Fsp3) is 0.750. The standard InChI is InChI=1S/C12H19ClN4O2/c1-9(2)19-12-15-10(13)14-11(16-12)18-8-7-17-5-3-4-6-17/h9H,3-8H2,1-2H3. The minimum absolute atomic E-state index is 0.0177. The first-order valence-electron chi connectivity index (χ1n) is 6.57. The molecule has 0 atom stereocenters. The summed E-state index contributed by atoms with van der Waals surface area (Å²) < 4.78 is 10.9. The van der Waals surface area contributed by atoms with Crippen molar-refractivity contribution >= 4 is 11.6 Å². The largest absolute Gasteiger partial charge is 0.462 e. The molecule has 0 unspecified atom stereocenters. The van der Waals surface area contributed by atoms with E-state index in [1.165, 1.54) is 12.8 Å². The van der Waals surface area contributed by atoms with E-state index < -0.39 is 0 Å². The van der Waals surface area contributed by atoms with Gasteiger partial charge < -0.3 is 9.47 Å². The molecule has 0 aliphatic carbocycles. The fourth-order valence-corrected chi connectivity index (χ4v) is 2.06. The summed E-state index contributed by atoms with van der Waals surface area (Å²) in [5.74, 6) is 0. The first kappa shape index (κ1) is 14.3. The molecule has 1 aliphatic rings. The van der Waals surface area contributed by atoms with Gasteiger partial charge in [-0.05, 0) is 51.4 Å². The zero-order valence-corrected chi connectivity index (χ0v) is 12.1. The summed E-state index contributed by atoms with van der Waals surface area (Å²) in [5.41, 5.74) is 0. The van der Waals surface area contributed by atoms with E-state index in [0.717, 1.165) is 19.6 Å². The molecule has 0 saturated carbocycles. The molecule has 0 N–H and O–H groups in total. The predicted molar refractivity (Wildman–Crippen MR) is 71.8 cm³/mol. The molecule has 19 heavy (non-hydrogen) atoms. The second-order valence-electron chi connectivity index (χ2n) is 4.73. The lowest BCUT2D eigenvalue weighted by atomic mass is 10.4. The van der Waals surface area contributed by atoms with Gasteiger partial charge in [-0.15, -0.1) is 4.98 Å².